The average Bonchev–Trinajstić information content (AvgIpc) is 2.16. The van der Waals surface area contributed by atoms with Crippen LogP contribution in [0.25, 0.3) is 0 Å². The van der Waals surface area contributed by atoms with Gasteiger partial charge in [0.2, 0.25) is 0 Å². The minimum absolute atomic E-state index is 0.0456. The van der Waals surface area contributed by atoms with E-state index in [1.54, 1.807) is 6.92 Å². The summed E-state index contributed by atoms with van der Waals surface area (Å²) in [6.07, 6.45) is 0. The molecule has 0 bridgehead atoms. The second kappa shape index (κ2) is 8.87. The highest BCUT2D eigenvalue weighted by Gasteiger charge is 1.91. The number of ether oxygens (including phenoxy) is 2. The molecule has 0 amide bonds. The Morgan fingerprint density at radius 2 is 2.00 bits per heavy atom. The van der Waals surface area contributed by atoms with Crippen LogP contribution in [0.5, 0.6) is 0 Å². The summed E-state index contributed by atoms with van der Waals surface area (Å²) >= 11 is 0. The Hall–Kier alpha value is -1.71. The van der Waals surface area contributed by atoms with E-state index in [4.69, 9.17) is 4.74 Å². The molecule has 0 fully saturated rings. The molecule has 0 aromatic rings. The van der Waals surface area contributed by atoms with Crippen molar-refractivity contribution in [1.29, 1.82) is 0 Å². The van der Waals surface area contributed by atoms with Crippen molar-refractivity contribution in [2.75, 3.05) is 19.8 Å². The maximum atomic E-state index is 10.7. The van der Waals surface area contributed by atoms with E-state index in [0.717, 1.165) is 5.57 Å². The zero-order valence-corrected chi connectivity index (χ0v) is 9.05. The van der Waals surface area contributed by atoms with Gasteiger partial charge in [-0.2, -0.15) is 0 Å². The Balaban J connectivity index is 3.49. The highest BCUT2D eigenvalue weighted by molar-refractivity contribution is 5.88. The first-order valence-corrected chi connectivity index (χ1v) is 4.44. The van der Waals surface area contributed by atoms with Gasteiger partial charge in [-0.3, -0.25) is 0 Å². The molecule has 0 N–H and O–H groups in total. The monoisotopic (exact) mass is 206 g/mol. The second-order valence-corrected chi connectivity index (χ2v) is 2.75. The Morgan fingerprint density at radius 3 is 2.60 bits per heavy atom. The Kier molecular flexibility index (Phi) is 7.86. The van der Waals surface area contributed by atoms with Crippen LogP contribution in [0.4, 0.5) is 0 Å². The van der Waals surface area contributed by atoms with Crippen LogP contribution in [0.2, 0.25) is 0 Å². The number of carbonyl (C=O) groups excluding carboxylic acids is 1. The summed E-state index contributed by atoms with van der Waals surface area (Å²) in [4.78, 5) is 10.7. The van der Waals surface area contributed by atoms with Gasteiger partial charge in [0.1, 0.15) is 6.61 Å². The van der Waals surface area contributed by atoms with Gasteiger partial charge in [0, 0.05) is 5.92 Å². The molecular formula is C12H14O3. The molecular weight excluding hydrogens is 192 g/mol. The fourth-order valence-corrected chi connectivity index (χ4v) is 0.618. The number of carbonyl (C=O) groups is 1. The molecule has 15 heavy (non-hydrogen) atoms. The van der Waals surface area contributed by atoms with Crippen LogP contribution in [-0.4, -0.2) is 25.8 Å². The van der Waals surface area contributed by atoms with Crippen LogP contribution >= 0.6 is 0 Å². The molecule has 0 aromatic carbocycles. The van der Waals surface area contributed by atoms with Crippen molar-refractivity contribution in [3.8, 4) is 23.7 Å². The molecule has 80 valence electrons. The molecule has 0 radical (unpaired) electrons. The van der Waals surface area contributed by atoms with E-state index < -0.39 is 5.97 Å². The molecule has 0 atom stereocenters. The zero-order valence-electron chi connectivity index (χ0n) is 9.05. The normalized spacial score (nSPS) is 7.87. The van der Waals surface area contributed by atoms with Crippen LogP contribution in [-0.2, 0) is 14.3 Å². The fraction of sp³-hybridized carbons (Fsp3) is 0.417. The van der Waals surface area contributed by atoms with Crippen LogP contribution in [0.1, 0.15) is 13.8 Å². The Labute approximate surface area is 90.5 Å². The summed E-state index contributed by atoms with van der Waals surface area (Å²) in [5, 5.41) is 0. The minimum Gasteiger partial charge on any atom is -0.443 e. The molecule has 0 spiro atoms. The predicted octanol–water partition coefficient (Wildman–Crippen LogP) is 1.15. The van der Waals surface area contributed by atoms with Gasteiger partial charge in [-0.15, -0.1) is 0 Å². The van der Waals surface area contributed by atoms with Crippen LogP contribution < -0.4 is 0 Å². The largest absolute Gasteiger partial charge is 0.443 e. The van der Waals surface area contributed by atoms with Gasteiger partial charge in [0.25, 0.3) is 0 Å². The molecule has 0 saturated heterocycles. The standard InChI is InChI=1S/C12H14O3/c1-4-7-12(13)15-9-6-5-8-14-10-11(2)3/h2,8-10H2,1,3H3. The molecule has 0 aliphatic carbocycles. The lowest BCUT2D eigenvalue weighted by atomic mass is 10.4. The van der Waals surface area contributed by atoms with Gasteiger partial charge in [-0.05, 0) is 13.8 Å². The maximum absolute atomic E-state index is 10.7. The topological polar surface area (TPSA) is 35.5 Å². The lowest BCUT2D eigenvalue weighted by Gasteiger charge is -1.96. The first-order valence-electron chi connectivity index (χ1n) is 4.44. The molecule has 0 heterocycles. The van der Waals surface area contributed by atoms with Crippen LogP contribution in [0.3, 0.4) is 0 Å². The lowest BCUT2D eigenvalue weighted by Crippen LogP contribution is -2.01. The van der Waals surface area contributed by atoms with E-state index in [1.807, 2.05) is 6.92 Å². The highest BCUT2D eigenvalue weighted by atomic mass is 16.5. The van der Waals surface area contributed by atoms with Crippen molar-refractivity contribution in [2.24, 2.45) is 0 Å². The van der Waals surface area contributed by atoms with Crippen LogP contribution in [0, 0.1) is 23.7 Å². The van der Waals surface area contributed by atoms with Gasteiger partial charge in [-0.25, -0.2) is 4.79 Å². The Morgan fingerprint density at radius 1 is 1.33 bits per heavy atom. The number of hydrogen-bond acceptors (Lipinski definition) is 3. The molecule has 0 saturated carbocycles. The van der Waals surface area contributed by atoms with E-state index in [-0.39, 0.29) is 6.61 Å². The summed E-state index contributed by atoms with van der Waals surface area (Å²) in [5.74, 6) is 9.45. The van der Waals surface area contributed by atoms with Crippen molar-refractivity contribution in [2.45, 2.75) is 13.8 Å². The first kappa shape index (κ1) is 13.3. The van der Waals surface area contributed by atoms with Crippen molar-refractivity contribution in [1.82, 2.24) is 0 Å². The van der Waals surface area contributed by atoms with Gasteiger partial charge < -0.3 is 9.47 Å². The smallest absolute Gasteiger partial charge is 0.385 e. The average molecular weight is 206 g/mol. The van der Waals surface area contributed by atoms with Gasteiger partial charge in [-0.1, -0.05) is 29.9 Å². The molecule has 0 unspecified atom stereocenters. The maximum Gasteiger partial charge on any atom is 0.385 e. The van der Waals surface area contributed by atoms with Crippen molar-refractivity contribution in [3.63, 3.8) is 0 Å². The van der Waals surface area contributed by atoms with Crippen molar-refractivity contribution >= 4 is 5.97 Å². The molecule has 0 aromatic heterocycles. The third kappa shape index (κ3) is 10.2. The van der Waals surface area contributed by atoms with E-state index >= 15 is 0 Å². The van der Waals surface area contributed by atoms with Gasteiger partial charge in [0.15, 0.2) is 6.61 Å². The SMILES string of the molecule is C=C(C)COCC#CCOC(=O)C#CC. The number of esters is 1. The van der Waals surface area contributed by atoms with Crippen molar-refractivity contribution in [3.05, 3.63) is 12.2 Å². The molecule has 0 aliphatic rings. The third-order valence-electron chi connectivity index (χ3n) is 1.15. The van der Waals surface area contributed by atoms with Crippen LogP contribution in [0.15, 0.2) is 12.2 Å². The Bertz CT molecular complexity index is 333. The summed E-state index contributed by atoms with van der Waals surface area (Å²) in [5.41, 5.74) is 0.946. The summed E-state index contributed by atoms with van der Waals surface area (Å²) < 4.78 is 9.76. The van der Waals surface area contributed by atoms with E-state index in [1.165, 1.54) is 0 Å². The second-order valence-electron chi connectivity index (χ2n) is 2.75. The summed E-state index contributed by atoms with van der Waals surface area (Å²) in [7, 11) is 0. The molecule has 3 heteroatoms. The van der Waals surface area contributed by atoms with Gasteiger partial charge >= 0.3 is 5.97 Å². The fourth-order valence-electron chi connectivity index (χ4n) is 0.618. The number of hydrogen-bond donors (Lipinski definition) is 0. The van der Waals surface area contributed by atoms with E-state index in [2.05, 4.69) is 35.0 Å². The zero-order chi connectivity index (χ0) is 11.5. The highest BCUT2D eigenvalue weighted by Crippen LogP contribution is 1.86. The quantitative estimate of drug-likeness (QED) is 0.227. The summed E-state index contributed by atoms with van der Waals surface area (Å²) in [6.45, 7) is 7.97. The first-order chi connectivity index (χ1) is 7.16. The molecule has 0 aliphatic heterocycles. The van der Waals surface area contributed by atoms with E-state index in [0.29, 0.717) is 13.2 Å². The molecule has 0 rings (SSSR count). The minimum atomic E-state index is -0.561. The summed E-state index contributed by atoms with van der Waals surface area (Å²) in [6, 6.07) is 0. The lowest BCUT2D eigenvalue weighted by molar-refractivity contribution is -0.135. The van der Waals surface area contributed by atoms with Crippen molar-refractivity contribution < 1.29 is 14.3 Å². The third-order valence-corrected chi connectivity index (χ3v) is 1.15. The predicted molar refractivity (Wildman–Crippen MR) is 57.8 cm³/mol. The molecule has 3 nitrogen and oxygen atoms in total. The van der Waals surface area contributed by atoms with E-state index in [9.17, 15) is 4.79 Å². The van der Waals surface area contributed by atoms with Gasteiger partial charge in [0.05, 0.1) is 6.61 Å². The number of rotatable bonds is 4.